The van der Waals surface area contributed by atoms with Gasteiger partial charge in [-0.1, -0.05) is 19.3 Å². The van der Waals surface area contributed by atoms with E-state index in [0.29, 0.717) is 37.5 Å². The third kappa shape index (κ3) is 6.40. The van der Waals surface area contributed by atoms with E-state index >= 15 is 0 Å². The summed E-state index contributed by atoms with van der Waals surface area (Å²) in [5, 5.41) is 7.00. The molecular formula is C17H21KN2O8S3. The molecule has 1 aliphatic carbocycles. The number of primary sulfonamides is 1. The maximum atomic E-state index is 13.2. The van der Waals surface area contributed by atoms with Crippen molar-refractivity contribution in [2.45, 2.75) is 58.6 Å². The van der Waals surface area contributed by atoms with E-state index in [4.69, 9.17) is 9.56 Å². The van der Waals surface area contributed by atoms with Crippen LogP contribution >= 0.6 is 0 Å². The largest absolute Gasteiger partial charge is 1.00 e. The Morgan fingerprint density at radius 3 is 2.16 bits per heavy atom. The third-order valence-electron chi connectivity index (χ3n) is 4.95. The van der Waals surface area contributed by atoms with Crippen LogP contribution in [0.5, 0.6) is 0 Å². The molecule has 0 saturated heterocycles. The molecule has 1 fully saturated rings. The fraction of sp³-hybridized carbons (Fsp3) is 0.412. The number of anilines is 1. The Kier molecular flexibility index (Phi) is 8.97. The first-order valence-electron chi connectivity index (χ1n) is 9.07. The maximum absolute atomic E-state index is 13.2. The average Bonchev–Trinajstić information content (AvgIpc) is 3.18. The molecule has 0 unspecified atom stereocenters. The van der Waals surface area contributed by atoms with Gasteiger partial charge < -0.3 is 14.3 Å². The van der Waals surface area contributed by atoms with E-state index < -0.39 is 49.9 Å². The van der Waals surface area contributed by atoms with E-state index in [1.807, 2.05) is 0 Å². The normalized spacial score (nSPS) is 15.9. The number of sulfone groups is 1. The molecular weight excluding hydrogens is 495 g/mol. The quantitative estimate of drug-likeness (QED) is 0.329. The van der Waals surface area contributed by atoms with Gasteiger partial charge in [0.25, 0.3) is 0 Å². The Labute approximate surface area is 224 Å². The molecule has 1 aromatic carbocycles. The third-order valence-corrected chi connectivity index (χ3v) is 9.21. The number of sulfonamides is 1. The second-order valence-electron chi connectivity index (χ2n) is 7.03. The molecule has 3 rings (SSSR count). The van der Waals surface area contributed by atoms with Crippen LogP contribution in [0, 0.1) is 0 Å². The summed E-state index contributed by atoms with van der Waals surface area (Å²) in [6.45, 7) is -0.0623. The Hall–Kier alpha value is -0.294. The summed E-state index contributed by atoms with van der Waals surface area (Å²) in [5.41, 5.74) is -0.344. The van der Waals surface area contributed by atoms with Crippen LogP contribution in [0.4, 0.5) is 5.69 Å². The Morgan fingerprint density at radius 2 is 1.65 bits per heavy atom. The molecule has 0 radical (unpaired) electrons. The molecule has 166 valence electrons. The maximum Gasteiger partial charge on any atom is 1.00 e. The molecule has 0 bridgehead atoms. The summed E-state index contributed by atoms with van der Waals surface area (Å²) in [6.07, 6.45) is 4.30. The minimum atomic E-state index is -5.15. The van der Waals surface area contributed by atoms with E-state index in [1.54, 1.807) is 12.1 Å². The van der Waals surface area contributed by atoms with Crippen molar-refractivity contribution in [3.63, 3.8) is 0 Å². The second kappa shape index (κ2) is 10.3. The van der Waals surface area contributed by atoms with E-state index in [-0.39, 0.29) is 63.6 Å². The summed E-state index contributed by atoms with van der Waals surface area (Å²) < 4.78 is 91.0. The molecule has 1 aliphatic rings. The molecule has 0 spiro atoms. The van der Waals surface area contributed by atoms with Gasteiger partial charge in [0.15, 0.2) is 9.84 Å². The van der Waals surface area contributed by atoms with E-state index in [0.717, 1.165) is 12.5 Å². The molecule has 3 N–H and O–H groups in total. The molecule has 0 aliphatic heterocycles. The zero-order valence-electron chi connectivity index (χ0n) is 16.8. The average molecular weight is 517 g/mol. The van der Waals surface area contributed by atoms with Crippen LogP contribution in [-0.4, -0.2) is 35.1 Å². The number of hydrogen-bond donors (Lipinski definition) is 2. The molecule has 31 heavy (non-hydrogen) atoms. The van der Waals surface area contributed by atoms with Gasteiger partial charge in [-0.25, -0.2) is 30.4 Å². The van der Waals surface area contributed by atoms with Crippen LogP contribution < -0.4 is 61.8 Å². The van der Waals surface area contributed by atoms with Gasteiger partial charge in [-0.05, 0) is 37.1 Å². The van der Waals surface area contributed by atoms with Gasteiger partial charge in [0, 0.05) is 0 Å². The number of furan rings is 1. The van der Waals surface area contributed by atoms with Gasteiger partial charge in [-0.2, -0.15) is 0 Å². The van der Waals surface area contributed by atoms with Crippen molar-refractivity contribution in [2.24, 2.45) is 5.14 Å². The monoisotopic (exact) mass is 516 g/mol. The van der Waals surface area contributed by atoms with Crippen LogP contribution in [0.2, 0.25) is 0 Å². The van der Waals surface area contributed by atoms with Crippen molar-refractivity contribution in [2.75, 3.05) is 5.32 Å². The summed E-state index contributed by atoms with van der Waals surface area (Å²) in [7, 11) is -13.9. The van der Waals surface area contributed by atoms with Crippen molar-refractivity contribution in [3.8, 4) is 0 Å². The molecule has 1 heterocycles. The van der Waals surface area contributed by atoms with Crippen LogP contribution in [0.3, 0.4) is 0 Å². The van der Waals surface area contributed by atoms with Crippen LogP contribution in [0.1, 0.15) is 37.9 Å². The standard InChI is InChI=1S/C17H22N2O8S3.K/c18-29(22,23)17-10-15(30(24,25)26)14(19-11-12-5-4-8-27-12)9-16(17)28(20,21)13-6-2-1-3-7-13;/h4-5,8-10,13,19H,1-3,6-7,11H2,(H2,18,22,23)(H,24,25,26);/q;+1/p-1. The van der Waals surface area contributed by atoms with Gasteiger partial charge >= 0.3 is 51.4 Å². The molecule has 1 saturated carbocycles. The number of rotatable bonds is 7. The van der Waals surface area contributed by atoms with Gasteiger partial charge in [0.05, 0.1) is 33.5 Å². The summed E-state index contributed by atoms with van der Waals surface area (Å²) >= 11 is 0. The van der Waals surface area contributed by atoms with Crippen LogP contribution in [0.25, 0.3) is 0 Å². The summed E-state index contributed by atoms with van der Waals surface area (Å²) in [6, 6.07) is 4.54. The van der Waals surface area contributed by atoms with Gasteiger partial charge in [-0.3, -0.25) is 0 Å². The van der Waals surface area contributed by atoms with Crippen LogP contribution in [0.15, 0.2) is 49.6 Å². The van der Waals surface area contributed by atoms with E-state index in [2.05, 4.69) is 5.32 Å². The van der Waals surface area contributed by atoms with Crippen molar-refractivity contribution in [3.05, 3.63) is 36.3 Å². The SMILES string of the molecule is NS(=O)(=O)c1cc(S(=O)(=O)[O-])c(NCc2ccco2)cc1S(=O)(=O)C1CCCCC1.[K+]. The van der Waals surface area contributed by atoms with Crippen molar-refractivity contribution < 1.29 is 85.6 Å². The Morgan fingerprint density at radius 1 is 1.00 bits per heavy atom. The zero-order valence-corrected chi connectivity index (χ0v) is 22.3. The smallest absolute Gasteiger partial charge is 0.744 e. The van der Waals surface area contributed by atoms with E-state index in [9.17, 15) is 29.8 Å². The number of nitrogens with one attached hydrogen (secondary N) is 1. The second-order valence-corrected chi connectivity index (χ2v) is 12.1. The van der Waals surface area contributed by atoms with Gasteiger partial charge in [0.2, 0.25) is 10.0 Å². The molecule has 0 amide bonds. The first-order valence-corrected chi connectivity index (χ1v) is 13.6. The van der Waals surface area contributed by atoms with Crippen LogP contribution in [-0.2, 0) is 36.5 Å². The molecule has 2 aromatic rings. The van der Waals surface area contributed by atoms with Crippen molar-refractivity contribution >= 4 is 35.7 Å². The van der Waals surface area contributed by atoms with Gasteiger partial charge in [0.1, 0.15) is 20.8 Å². The predicted octanol–water partition coefficient (Wildman–Crippen LogP) is -1.45. The van der Waals surface area contributed by atoms with Crippen molar-refractivity contribution in [1.82, 2.24) is 0 Å². The fourth-order valence-corrected chi connectivity index (χ4v) is 7.47. The first kappa shape index (κ1) is 27.0. The topological polar surface area (TPSA) is 177 Å². The fourth-order valence-electron chi connectivity index (χ4n) is 3.48. The zero-order chi connectivity index (χ0) is 22.2. The Balaban J connectivity index is 0.00000341. The summed E-state index contributed by atoms with van der Waals surface area (Å²) in [5.74, 6) is 0.386. The van der Waals surface area contributed by atoms with E-state index in [1.165, 1.54) is 6.26 Å². The number of benzene rings is 1. The number of hydrogen-bond acceptors (Lipinski definition) is 9. The molecule has 14 heteroatoms. The first-order chi connectivity index (χ1) is 13.9. The minimum absolute atomic E-state index is 0. The van der Waals surface area contributed by atoms with Gasteiger partial charge in [-0.15, -0.1) is 0 Å². The molecule has 0 atom stereocenters. The molecule has 1 aromatic heterocycles. The van der Waals surface area contributed by atoms with Crippen molar-refractivity contribution in [1.29, 1.82) is 0 Å². The number of nitrogens with two attached hydrogens (primary N) is 1. The molecule has 10 nitrogen and oxygen atoms in total. The summed E-state index contributed by atoms with van der Waals surface area (Å²) in [4.78, 5) is -2.45. The Bertz CT molecular complexity index is 1230. The minimum Gasteiger partial charge on any atom is -0.744 e. The predicted molar refractivity (Wildman–Crippen MR) is 106 cm³/mol.